The van der Waals surface area contributed by atoms with Crippen LogP contribution in [-0.4, -0.2) is 20.7 Å². The van der Waals surface area contributed by atoms with Crippen molar-refractivity contribution in [1.82, 2.24) is 0 Å². The normalized spacial score (nSPS) is 14.0. The van der Waals surface area contributed by atoms with Gasteiger partial charge in [-0.3, -0.25) is 0 Å². The van der Waals surface area contributed by atoms with Crippen LogP contribution in [0.25, 0.3) is 0 Å². The van der Waals surface area contributed by atoms with E-state index < -0.39 is 8.32 Å². The number of hydrogen-bond donors (Lipinski definition) is 0. The van der Waals surface area contributed by atoms with Crippen LogP contribution in [0.3, 0.4) is 0 Å². The van der Waals surface area contributed by atoms with E-state index in [0.29, 0.717) is 6.42 Å². The zero-order valence-corrected chi connectivity index (χ0v) is 17.7. The Morgan fingerprint density at radius 2 is 1.39 bits per heavy atom. The van der Waals surface area contributed by atoms with E-state index in [1.807, 2.05) is 0 Å². The van der Waals surface area contributed by atoms with E-state index in [4.69, 9.17) is 4.43 Å². The molecule has 0 aromatic rings. The molecule has 0 amide bonds. The van der Waals surface area contributed by atoms with E-state index in [1.54, 1.807) is 0 Å². The third-order valence-electron chi connectivity index (χ3n) is 5.26. The predicted molar refractivity (Wildman–Crippen MR) is 105 cm³/mol. The fourth-order valence-corrected chi connectivity index (χ4v) is 4.01. The van der Waals surface area contributed by atoms with Gasteiger partial charge in [0.2, 0.25) is 0 Å². The zero-order chi connectivity index (χ0) is 17.8. The molecule has 0 aliphatic heterocycles. The molecule has 23 heavy (non-hydrogen) atoms. The van der Waals surface area contributed by atoms with E-state index in [0.717, 1.165) is 12.7 Å². The van der Waals surface area contributed by atoms with Crippen LogP contribution >= 0.6 is 0 Å². The lowest BCUT2D eigenvalue weighted by molar-refractivity contribution is -0.109. The van der Waals surface area contributed by atoms with Crippen LogP contribution in [0.15, 0.2) is 0 Å². The lowest BCUT2D eigenvalue weighted by atomic mass is 10.0. The first-order valence-corrected chi connectivity index (χ1v) is 12.8. The number of rotatable bonds is 14. The average Bonchev–Trinajstić information content (AvgIpc) is 2.44. The maximum absolute atomic E-state index is 10.9. The summed E-state index contributed by atoms with van der Waals surface area (Å²) in [6.45, 7) is 13.6. The molecule has 0 aliphatic carbocycles. The van der Waals surface area contributed by atoms with Gasteiger partial charge in [-0.2, -0.15) is 0 Å². The second kappa shape index (κ2) is 12.2. The molecule has 0 aliphatic rings. The van der Waals surface area contributed by atoms with Crippen LogP contribution < -0.4 is 0 Å². The van der Waals surface area contributed by atoms with Crippen LogP contribution in [0.5, 0.6) is 0 Å². The number of unbranched alkanes of at least 4 members (excludes halogenated alkanes) is 8. The molecule has 0 saturated carbocycles. The molecule has 0 aromatic carbocycles. The molecular weight excluding hydrogens is 300 g/mol. The first-order valence-electron chi connectivity index (χ1n) is 9.86. The third-order valence-corrected chi connectivity index (χ3v) is 9.79. The van der Waals surface area contributed by atoms with Crippen molar-refractivity contribution in [1.29, 1.82) is 0 Å². The minimum absolute atomic E-state index is 0.137. The summed E-state index contributed by atoms with van der Waals surface area (Å²) in [4.78, 5) is 10.9. The van der Waals surface area contributed by atoms with E-state index in [9.17, 15) is 4.79 Å². The van der Waals surface area contributed by atoms with Crippen molar-refractivity contribution in [3.05, 3.63) is 0 Å². The van der Waals surface area contributed by atoms with Gasteiger partial charge in [0.25, 0.3) is 0 Å². The van der Waals surface area contributed by atoms with Gasteiger partial charge in [0, 0.05) is 6.42 Å². The molecular formula is C20H42O2Si. The van der Waals surface area contributed by atoms with E-state index >= 15 is 0 Å². The quantitative estimate of drug-likeness (QED) is 0.195. The summed E-state index contributed by atoms with van der Waals surface area (Å²) in [5.41, 5.74) is 0. The van der Waals surface area contributed by atoms with E-state index in [2.05, 4.69) is 40.8 Å². The SMILES string of the molecule is CCCCCCCCCCCC(CC=O)O[Si](C)(C)C(C)(C)C. The highest BCUT2D eigenvalue weighted by atomic mass is 28.4. The number of carbonyl (C=O) groups excluding carboxylic acids is 1. The highest BCUT2D eigenvalue weighted by molar-refractivity contribution is 6.74. The zero-order valence-electron chi connectivity index (χ0n) is 16.7. The van der Waals surface area contributed by atoms with Crippen molar-refractivity contribution in [2.75, 3.05) is 0 Å². The van der Waals surface area contributed by atoms with Gasteiger partial charge in [-0.25, -0.2) is 0 Å². The molecule has 2 nitrogen and oxygen atoms in total. The molecule has 0 spiro atoms. The van der Waals surface area contributed by atoms with Crippen LogP contribution in [0.2, 0.25) is 18.1 Å². The number of hydrogen-bond acceptors (Lipinski definition) is 2. The Balaban J connectivity index is 3.91. The minimum Gasteiger partial charge on any atom is -0.414 e. The second-order valence-electron chi connectivity index (χ2n) is 8.52. The predicted octanol–water partition coefficient (Wildman–Crippen LogP) is 6.89. The van der Waals surface area contributed by atoms with Gasteiger partial charge >= 0.3 is 0 Å². The summed E-state index contributed by atoms with van der Waals surface area (Å²) < 4.78 is 6.42. The van der Waals surface area contributed by atoms with Gasteiger partial charge in [0.1, 0.15) is 6.29 Å². The van der Waals surface area contributed by atoms with Gasteiger partial charge in [0.15, 0.2) is 8.32 Å². The molecule has 138 valence electrons. The van der Waals surface area contributed by atoms with Crippen molar-refractivity contribution in [2.24, 2.45) is 0 Å². The smallest absolute Gasteiger partial charge is 0.192 e. The molecule has 0 bridgehead atoms. The van der Waals surface area contributed by atoms with Crippen LogP contribution in [0.4, 0.5) is 0 Å². The van der Waals surface area contributed by atoms with E-state index in [1.165, 1.54) is 57.8 Å². The highest BCUT2D eigenvalue weighted by Crippen LogP contribution is 2.38. The fourth-order valence-electron chi connectivity index (χ4n) is 2.61. The molecule has 0 radical (unpaired) electrons. The molecule has 0 aromatic heterocycles. The summed E-state index contributed by atoms with van der Waals surface area (Å²) in [6, 6.07) is 0. The molecule has 0 fully saturated rings. The first kappa shape index (κ1) is 22.8. The monoisotopic (exact) mass is 342 g/mol. The van der Waals surface area contributed by atoms with Gasteiger partial charge < -0.3 is 9.22 Å². The number of carbonyl (C=O) groups is 1. The standard InChI is InChI=1S/C20H42O2Si/c1-7-8-9-10-11-12-13-14-15-16-19(17-18-21)22-23(5,6)20(2,3)4/h18-19H,7-17H2,1-6H3. The highest BCUT2D eigenvalue weighted by Gasteiger charge is 2.38. The maximum atomic E-state index is 10.9. The summed E-state index contributed by atoms with van der Waals surface area (Å²) in [5.74, 6) is 0. The average molecular weight is 343 g/mol. The minimum atomic E-state index is -1.76. The Kier molecular flexibility index (Phi) is 12.2. The molecule has 0 N–H and O–H groups in total. The largest absolute Gasteiger partial charge is 0.414 e. The lowest BCUT2D eigenvalue weighted by Crippen LogP contribution is -2.44. The van der Waals surface area contributed by atoms with Gasteiger partial charge in [0.05, 0.1) is 6.10 Å². The Morgan fingerprint density at radius 3 is 1.83 bits per heavy atom. The van der Waals surface area contributed by atoms with Crippen LogP contribution in [-0.2, 0) is 9.22 Å². The third kappa shape index (κ3) is 11.1. The molecule has 1 atom stereocenters. The molecule has 3 heteroatoms. The topological polar surface area (TPSA) is 26.3 Å². The Bertz CT molecular complexity index is 295. The Labute approximate surface area is 146 Å². The van der Waals surface area contributed by atoms with Gasteiger partial charge in [-0.1, -0.05) is 85.5 Å². The summed E-state index contributed by atoms with van der Waals surface area (Å²) in [7, 11) is -1.76. The fraction of sp³-hybridized carbons (Fsp3) is 0.950. The van der Waals surface area contributed by atoms with Crippen molar-refractivity contribution >= 4 is 14.6 Å². The molecule has 0 saturated heterocycles. The lowest BCUT2D eigenvalue weighted by Gasteiger charge is -2.39. The van der Waals surface area contributed by atoms with Crippen LogP contribution in [0.1, 0.15) is 98.3 Å². The van der Waals surface area contributed by atoms with Crippen molar-refractivity contribution < 1.29 is 9.22 Å². The molecule has 0 heterocycles. The first-order chi connectivity index (χ1) is 10.7. The number of aldehydes is 1. The van der Waals surface area contributed by atoms with Crippen molar-refractivity contribution in [2.45, 2.75) is 123 Å². The molecule has 0 rings (SSSR count). The molecule has 1 unspecified atom stereocenters. The Morgan fingerprint density at radius 1 is 0.913 bits per heavy atom. The Hall–Kier alpha value is -0.153. The van der Waals surface area contributed by atoms with Gasteiger partial charge in [-0.15, -0.1) is 0 Å². The van der Waals surface area contributed by atoms with Gasteiger partial charge in [-0.05, 0) is 24.6 Å². The van der Waals surface area contributed by atoms with Crippen LogP contribution in [0, 0.1) is 0 Å². The second-order valence-corrected chi connectivity index (χ2v) is 13.3. The summed E-state index contributed by atoms with van der Waals surface area (Å²) in [6.07, 6.45) is 14.8. The van der Waals surface area contributed by atoms with Crippen molar-refractivity contribution in [3.8, 4) is 0 Å². The summed E-state index contributed by atoms with van der Waals surface area (Å²) >= 11 is 0. The summed E-state index contributed by atoms with van der Waals surface area (Å²) in [5, 5.41) is 0.215. The van der Waals surface area contributed by atoms with E-state index in [-0.39, 0.29) is 11.1 Å². The maximum Gasteiger partial charge on any atom is 0.192 e. The van der Waals surface area contributed by atoms with Crippen molar-refractivity contribution in [3.63, 3.8) is 0 Å².